The van der Waals surface area contributed by atoms with Crippen molar-refractivity contribution in [3.63, 3.8) is 0 Å². The summed E-state index contributed by atoms with van der Waals surface area (Å²) in [5.74, 6) is 0.718. The van der Waals surface area contributed by atoms with Crippen molar-refractivity contribution >= 4 is 17.5 Å². The number of carbonyl (C=O) groups excluding carboxylic acids is 1. The van der Waals surface area contributed by atoms with Gasteiger partial charge >= 0.3 is 0 Å². The molecule has 20 heavy (non-hydrogen) atoms. The van der Waals surface area contributed by atoms with Crippen LogP contribution in [0.15, 0.2) is 12.3 Å². The lowest BCUT2D eigenvalue weighted by atomic mass is 10.1. The number of alkyl halides is 1. The molecule has 2 rings (SSSR count). The van der Waals surface area contributed by atoms with E-state index in [1.54, 1.807) is 6.20 Å². The smallest absolute Gasteiger partial charge is 0.237 e. The summed E-state index contributed by atoms with van der Waals surface area (Å²) in [6.07, 6.45) is 6.84. The molecule has 112 valence electrons. The number of rotatable bonds is 6. The molecule has 4 nitrogen and oxygen atoms in total. The van der Waals surface area contributed by atoms with Gasteiger partial charge in [-0.3, -0.25) is 9.48 Å². The molecule has 0 aliphatic heterocycles. The lowest BCUT2D eigenvalue weighted by Crippen LogP contribution is -2.36. The van der Waals surface area contributed by atoms with Gasteiger partial charge in [-0.25, -0.2) is 0 Å². The number of nitrogens with zero attached hydrogens (tertiary/aromatic N) is 3. The lowest BCUT2D eigenvalue weighted by molar-refractivity contribution is -0.129. The first-order chi connectivity index (χ1) is 9.61. The van der Waals surface area contributed by atoms with Gasteiger partial charge in [0.2, 0.25) is 5.91 Å². The van der Waals surface area contributed by atoms with E-state index in [4.69, 9.17) is 11.6 Å². The van der Waals surface area contributed by atoms with E-state index in [0.29, 0.717) is 18.5 Å². The van der Waals surface area contributed by atoms with E-state index in [2.05, 4.69) is 18.9 Å². The molecule has 0 saturated heterocycles. The maximum atomic E-state index is 12.1. The number of amides is 1. The first-order valence-corrected chi connectivity index (χ1v) is 8.01. The van der Waals surface area contributed by atoms with Crippen molar-refractivity contribution in [2.24, 2.45) is 5.92 Å². The van der Waals surface area contributed by atoms with Crippen molar-refractivity contribution in [3.8, 4) is 0 Å². The van der Waals surface area contributed by atoms with Crippen molar-refractivity contribution in [3.05, 3.63) is 18.0 Å². The summed E-state index contributed by atoms with van der Waals surface area (Å²) in [7, 11) is 0. The van der Waals surface area contributed by atoms with Crippen molar-refractivity contribution in [2.45, 2.75) is 52.1 Å². The Bertz CT molecular complexity index is 438. The van der Waals surface area contributed by atoms with Crippen LogP contribution in [-0.4, -0.2) is 33.0 Å². The molecule has 0 spiro atoms. The summed E-state index contributed by atoms with van der Waals surface area (Å²) in [5, 5.41) is 4.33. The number of hydrogen-bond acceptors (Lipinski definition) is 2. The highest BCUT2D eigenvalue weighted by Crippen LogP contribution is 2.26. The fraction of sp³-hybridized carbons (Fsp3) is 0.733. The predicted octanol–water partition coefficient (Wildman–Crippen LogP) is 3.22. The average molecular weight is 298 g/mol. The van der Waals surface area contributed by atoms with E-state index in [9.17, 15) is 4.79 Å². The molecule has 1 heterocycles. The van der Waals surface area contributed by atoms with Crippen molar-refractivity contribution in [1.29, 1.82) is 0 Å². The van der Waals surface area contributed by atoms with Gasteiger partial charge in [0.25, 0.3) is 0 Å². The Morgan fingerprint density at radius 3 is 2.80 bits per heavy atom. The van der Waals surface area contributed by atoms with Gasteiger partial charge in [0.05, 0.1) is 12.2 Å². The molecule has 1 aromatic heterocycles. The van der Waals surface area contributed by atoms with E-state index >= 15 is 0 Å². The largest absolute Gasteiger partial charge is 0.336 e. The molecule has 0 radical (unpaired) electrons. The maximum Gasteiger partial charge on any atom is 0.237 e. The van der Waals surface area contributed by atoms with Crippen LogP contribution in [0.1, 0.15) is 51.3 Å². The molecular formula is C15H24ClN3O. The SMILES string of the molecule is CC(C)n1nccc1CN(CC1CCCC1)C(=O)CCl. The number of halogens is 1. The van der Waals surface area contributed by atoms with Crippen LogP contribution in [0.25, 0.3) is 0 Å². The normalized spacial score (nSPS) is 16.0. The van der Waals surface area contributed by atoms with Crippen molar-refractivity contribution in [1.82, 2.24) is 14.7 Å². The Morgan fingerprint density at radius 2 is 2.20 bits per heavy atom. The van der Waals surface area contributed by atoms with Gasteiger partial charge in [0, 0.05) is 18.8 Å². The first-order valence-electron chi connectivity index (χ1n) is 7.48. The fourth-order valence-corrected chi connectivity index (χ4v) is 3.14. The summed E-state index contributed by atoms with van der Waals surface area (Å²) in [6, 6.07) is 2.29. The third kappa shape index (κ3) is 3.75. The highest BCUT2D eigenvalue weighted by molar-refractivity contribution is 6.27. The minimum Gasteiger partial charge on any atom is -0.336 e. The van der Waals surface area contributed by atoms with Gasteiger partial charge in [0.1, 0.15) is 5.88 Å². The Balaban J connectivity index is 2.06. The molecule has 1 fully saturated rings. The third-order valence-corrected chi connectivity index (χ3v) is 4.24. The molecule has 1 aliphatic rings. The zero-order valence-electron chi connectivity index (χ0n) is 12.4. The minimum absolute atomic E-state index is 0.0232. The molecule has 0 unspecified atom stereocenters. The summed E-state index contributed by atoms with van der Waals surface area (Å²) in [6.45, 7) is 5.64. The zero-order valence-corrected chi connectivity index (χ0v) is 13.1. The molecule has 1 aromatic rings. The van der Waals surface area contributed by atoms with Gasteiger partial charge in [-0.1, -0.05) is 12.8 Å². The molecule has 1 aliphatic carbocycles. The number of aromatic nitrogens is 2. The second kappa shape index (κ2) is 7.11. The Labute approximate surface area is 126 Å². The van der Waals surface area contributed by atoms with Gasteiger partial charge in [-0.05, 0) is 38.7 Å². The Kier molecular flexibility index (Phi) is 5.46. The van der Waals surface area contributed by atoms with Crippen LogP contribution in [-0.2, 0) is 11.3 Å². The zero-order chi connectivity index (χ0) is 14.5. The Morgan fingerprint density at radius 1 is 1.50 bits per heavy atom. The van der Waals surface area contributed by atoms with Crippen LogP contribution in [0.5, 0.6) is 0 Å². The second-order valence-corrected chi connectivity index (χ2v) is 6.19. The predicted molar refractivity (Wildman–Crippen MR) is 80.7 cm³/mol. The van der Waals surface area contributed by atoms with Gasteiger partial charge in [-0.2, -0.15) is 5.10 Å². The summed E-state index contributed by atoms with van der Waals surface area (Å²) >= 11 is 5.76. The third-order valence-electron chi connectivity index (χ3n) is 4.01. The van der Waals surface area contributed by atoms with E-state index in [0.717, 1.165) is 12.2 Å². The summed E-state index contributed by atoms with van der Waals surface area (Å²) in [5.41, 5.74) is 1.08. The van der Waals surface area contributed by atoms with Crippen molar-refractivity contribution in [2.75, 3.05) is 12.4 Å². The van der Waals surface area contributed by atoms with E-state index in [1.165, 1.54) is 25.7 Å². The molecule has 0 N–H and O–H groups in total. The highest BCUT2D eigenvalue weighted by Gasteiger charge is 2.22. The van der Waals surface area contributed by atoms with E-state index < -0.39 is 0 Å². The van der Waals surface area contributed by atoms with Crippen LogP contribution in [0, 0.1) is 5.92 Å². The second-order valence-electron chi connectivity index (χ2n) is 5.92. The van der Waals surface area contributed by atoms with Gasteiger partial charge < -0.3 is 4.90 Å². The quantitative estimate of drug-likeness (QED) is 0.756. The first kappa shape index (κ1) is 15.4. The van der Waals surface area contributed by atoms with Crippen LogP contribution >= 0.6 is 11.6 Å². The van der Waals surface area contributed by atoms with Crippen LogP contribution in [0.4, 0.5) is 0 Å². The number of hydrogen-bond donors (Lipinski definition) is 0. The molecule has 5 heteroatoms. The topological polar surface area (TPSA) is 38.1 Å². The van der Waals surface area contributed by atoms with Crippen molar-refractivity contribution < 1.29 is 4.79 Å². The fourth-order valence-electron chi connectivity index (χ4n) is 2.97. The maximum absolute atomic E-state index is 12.1. The van der Waals surface area contributed by atoms with E-state index in [-0.39, 0.29) is 11.8 Å². The lowest BCUT2D eigenvalue weighted by Gasteiger charge is -2.26. The molecule has 0 aromatic carbocycles. The molecule has 1 saturated carbocycles. The monoisotopic (exact) mass is 297 g/mol. The molecular weight excluding hydrogens is 274 g/mol. The Hall–Kier alpha value is -1.03. The molecule has 1 amide bonds. The van der Waals surface area contributed by atoms with Gasteiger partial charge in [-0.15, -0.1) is 11.6 Å². The summed E-state index contributed by atoms with van der Waals surface area (Å²) in [4.78, 5) is 14.0. The van der Waals surface area contributed by atoms with Crippen LogP contribution in [0.3, 0.4) is 0 Å². The van der Waals surface area contributed by atoms with Crippen LogP contribution < -0.4 is 0 Å². The minimum atomic E-state index is 0.0232. The highest BCUT2D eigenvalue weighted by atomic mass is 35.5. The van der Waals surface area contributed by atoms with Gasteiger partial charge in [0.15, 0.2) is 0 Å². The van der Waals surface area contributed by atoms with E-state index in [1.807, 2.05) is 15.6 Å². The number of carbonyl (C=O) groups is 1. The standard InChI is InChI=1S/C15H24ClN3O/c1-12(2)19-14(7-8-17-19)11-18(15(20)9-16)10-13-5-3-4-6-13/h7-8,12-13H,3-6,9-11H2,1-2H3. The van der Waals surface area contributed by atoms with Crippen LogP contribution in [0.2, 0.25) is 0 Å². The summed E-state index contributed by atoms with van der Waals surface area (Å²) < 4.78 is 1.98. The molecule has 0 atom stereocenters. The molecule has 0 bridgehead atoms. The average Bonchev–Trinajstić information content (AvgIpc) is 3.08.